The lowest BCUT2D eigenvalue weighted by molar-refractivity contribution is -0.140. The molecule has 1 atom stereocenters. The van der Waals surface area contributed by atoms with Gasteiger partial charge in [0.1, 0.15) is 11.6 Å². The predicted octanol–water partition coefficient (Wildman–Crippen LogP) is 3.60. The fourth-order valence-electron chi connectivity index (χ4n) is 4.05. The number of hydrogen-bond acceptors (Lipinski definition) is 3. The van der Waals surface area contributed by atoms with Crippen LogP contribution >= 0.6 is 0 Å². The van der Waals surface area contributed by atoms with E-state index in [0.29, 0.717) is 38.1 Å². The maximum absolute atomic E-state index is 14.4. The fourth-order valence-corrected chi connectivity index (χ4v) is 4.05. The summed E-state index contributed by atoms with van der Waals surface area (Å²) in [5.41, 5.74) is 0.512. The maximum atomic E-state index is 14.4. The van der Waals surface area contributed by atoms with Crippen molar-refractivity contribution in [2.75, 3.05) is 13.1 Å². The van der Waals surface area contributed by atoms with Crippen LogP contribution < -0.4 is 0 Å². The van der Waals surface area contributed by atoms with Crippen molar-refractivity contribution in [3.63, 3.8) is 0 Å². The molecule has 1 aliphatic heterocycles. The van der Waals surface area contributed by atoms with Gasteiger partial charge in [-0.15, -0.1) is 0 Å². The van der Waals surface area contributed by atoms with Crippen LogP contribution in [-0.4, -0.2) is 35.0 Å². The van der Waals surface area contributed by atoms with Crippen molar-refractivity contribution >= 4 is 5.91 Å². The first-order valence-corrected chi connectivity index (χ1v) is 9.34. The molecule has 1 aromatic carbocycles. The summed E-state index contributed by atoms with van der Waals surface area (Å²) >= 11 is 0. The zero-order valence-electron chi connectivity index (χ0n) is 15.0. The van der Waals surface area contributed by atoms with Gasteiger partial charge >= 0.3 is 0 Å². The number of halogens is 2. The summed E-state index contributed by atoms with van der Waals surface area (Å²) in [6.07, 6.45) is 6.26. The molecule has 2 aliphatic rings. The molecule has 4 rings (SSSR count). The molecule has 0 spiro atoms. The van der Waals surface area contributed by atoms with E-state index in [1.165, 1.54) is 12.1 Å². The monoisotopic (exact) mass is 372 g/mol. The number of pyridine rings is 1. The zero-order valence-corrected chi connectivity index (χ0v) is 15.0. The molecule has 0 bridgehead atoms. The maximum Gasteiger partial charge on any atom is 0.233 e. The van der Waals surface area contributed by atoms with Crippen LogP contribution in [0.4, 0.5) is 8.78 Å². The second-order valence-electron chi connectivity index (χ2n) is 7.39. The molecule has 1 saturated carbocycles. The van der Waals surface area contributed by atoms with Crippen LogP contribution in [-0.2, 0) is 21.6 Å². The fraction of sp³-hybridized carbons (Fsp3) is 0.429. The van der Waals surface area contributed by atoms with Gasteiger partial charge in [0.15, 0.2) is 0 Å². The lowest BCUT2D eigenvalue weighted by Crippen LogP contribution is -2.51. The van der Waals surface area contributed by atoms with Gasteiger partial charge in [-0.1, -0.05) is 12.5 Å². The number of ether oxygens (including phenoxy) is 1. The molecule has 142 valence electrons. The smallest absolute Gasteiger partial charge is 0.233 e. The molecule has 27 heavy (non-hydrogen) atoms. The third-order valence-corrected chi connectivity index (χ3v) is 5.73. The van der Waals surface area contributed by atoms with Crippen molar-refractivity contribution in [3.8, 4) is 0 Å². The molecule has 2 fully saturated rings. The van der Waals surface area contributed by atoms with Gasteiger partial charge in [0.2, 0.25) is 5.91 Å². The van der Waals surface area contributed by atoms with Crippen molar-refractivity contribution in [1.29, 1.82) is 0 Å². The summed E-state index contributed by atoms with van der Waals surface area (Å²) in [4.78, 5) is 19.0. The normalized spacial score (nSPS) is 21.1. The summed E-state index contributed by atoms with van der Waals surface area (Å²) in [5, 5.41) is 0. The molecule has 0 radical (unpaired) electrons. The average Bonchev–Trinajstić information content (AvgIpc) is 3.10. The molecule has 1 saturated heterocycles. The van der Waals surface area contributed by atoms with Crippen molar-refractivity contribution < 1.29 is 18.3 Å². The standard InChI is InChI=1S/C21H22F2N2O2/c22-16-2-3-18(19(23)12-16)21(7-1-8-21)20(26)25-11-6-17(13-25)27-14-15-4-9-24-10-5-15/h2-5,9-10,12,17H,1,6-8,11,13-14H2/t17-/m0/s1. The zero-order chi connectivity index (χ0) is 18.9. The number of hydrogen-bond donors (Lipinski definition) is 0. The Labute approximate surface area is 157 Å². The van der Waals surface area contributed by atoms with Crippen molar-refractivity contribution in [3.05, 3.63) is 65.5 Å². The molecule has 0 N–H and O–H groups in total. The second-order valence-corrected chi connectivity index (χ2v) is 7.39. The van der Waals surface area contributed by atoms with E-state index in [-0.39, 0.29) is 12.0 Å². The predicted molar refractivity (Wildman–Crippen MR) is 95.9 cm³/mol. The van der Waals surface area contributed by atoms with Gasteiger partial charge in [0, 0.05) is 37.1 Å². The Morgan fingerprint density at radius 2 is 2.00 bits per heavy atom. The van der Waals surface area contributed by atoms with Crippen molar-refractivity contribution in [2.45, 2.75) is 43.8 Å². The second kappa shape index (κ2) is 7.35. The topological polar surface area (TPSA) is 42.4 Å². The van der Waals surface area contributed by atoms with Crippen LogP contribution in [0.5, 0.6) is 0 Å². The summed E-state index contributed by atoms with van der Waals surface area (Å²) in [5.74, 6) is -1.31. The first-order chi connectivity index (χ1) is 13.1. The number of amides is 1. The van der Waals surface area contributed by atoms with E-state index in [1.54, 1.807) is 17.3 Å². The van der Waals surface area contributed by atoms with Gasteiger partial charge < -0.3 is 9.64 Å². The molecule has 1 aromatic heterocycles. The number of likely N-dealkylation sites (tertiary alicyclic amines) is 1. The Kier molecular flexibility index (Phi) is 4.91. The Morgan fingerprint density at radius 3 is 2.67 bits per heavy atom. The van der Waals surface area contributed by atoms with E-state index in [0.717, 1.165) is 24.5 Å². The molecule has 0 unspecified atom stereocenters. The first kappa shape index (κ1) is 18.0. The van der Waals surface area contributed by atoms with Crippen LogP contribution in [0.15, 0.2) is 42.7 Å². The quantitative estimate of drug-likeness (QED) is 0.805. The Hall–Kier alpha value is -2.34. The molecule has 1 aliphatic carbocycles. The summed E-state index contributed by atoms with van der Waals surface area (Å²) in [6.45, 7) is 1.59. The van der Waals surface area contributed by atoms with Crippen molar-refractivity contribution in [2.24, 2.45) is 0 Å². The SMILES string of the molecule is O=C(N1CC[C@H](OCc2ccncc2)C1)C1(c2ccc(F)cc2F)CCC1. The lowest BCUT2D eigenvalue weighted by atomic mass is 9.63. The largest absolute Gasteiger partial charge is 0.372 e. The highest BCUT2D eigenvalue weighted by Gasteiger charge is 2.50. The van der Waals surface area contributed by atoms with E-state index in [2.05, 4.69) is 4.98 Å². The Morgan fingerprint density at radius 1 is 1.22 bits per heavy atom. The molecule has 4 nitrogen and oxygen atoms in total. The highest BCUT2D eigenvalue weighted by atomic mass is 19.1. The molecular formula is C21H22F2N2O2. The summed E-state index contributed by atoms with van der Waals surface area (Å²) in [7, 11) is 0. The van der Waals surface area contributed by atoms with Gasteiger partial charge in [-0.3, -0.25) is 9.78 Å². The molecule has 1 amide bonds. The van der Waals surface area contributed by atoms with E-state index >= 15 is 0 Å². The van der Waals surface area contributed by atoms with Gasteiger partial charge in [0.25, 0.3) is 0 Å². The molecule has 2 heterocycles. The Balaban J connectivity index is 1.43. The Bertz CT molecular complexity index is 824. The number of carbonyl (C=O) groups is 1. The van der Waals surface area contributed by atoms with Gasteiger partial charge in [0.05, 0.1) is 18.1 Å². The number of nitrogens with zero attached hydrogens (tertiary/aromatic N) is 2. The van der Waals surface area contributed by atoms with E-state index < -0.39 is 17.0 Å². The third kappa shape index (κ3) is 3.46. The van der Waals surface area contributed by atoms with Gasteiger partial charge in [-0.2, -0.15) is 0 Å². The number of rotatable bonds is 5. The van der Waals surface area contributed by atoms with Gasteiger partial charge in [-0.05, 0) is 43.0 Å². The summed E-state index contributed by atoms with van der Waals surface area (Å²) in [6, 6.07) is 7.33. The lowest BCUT2D eigenvalue weighted by Gasteiger charge is -2.43. The van der Waals surface area contributed by atoms with Gasteiger partial charge in [-0.25, -0.2) is 8.78 Å². The highest BCUT2D eigenvalue weighted by Crippen LogP contribution is 2.46. The van der Waals surface area contributed by atoms with E-state index in [1.807, 2.05) is 12.1 Å². The van der Waals surface area contributed by atoms with Crippen LogP contribution in [0, 0.1) is 11.6 Å². The van der Waals surface area contributed by atoms with Crippen LogP contribution in [0.2, 0.25) is 0 Å². The van der Waals surface area contributed by atoms with Crippen molar-refractivity contribution in [1.82, 2.24) is 9.88 Å². The average molecular weight is 372 g/mol. The number of carbonyl (C=O) groups excluding carboxylic acids is 1. The van der Waals surface area contributed by atoms with Crippen LogP contribution in [0.3, 0.4) is 0 Å². The molecule has 2 aromatic rings. The van der Waals surface area contributed by atoms with E-state index in [9.17, 15) is 13.6 Å². The molecule has 6 heteroatoms. The van der Waals surface area contributed by atoms with Crippen LogP contribution in [0.1, 0.15) is 36.8 Å². The molecular weight excluding hydrogens is 350 g/mol. The third-order valence-electron chi connectivity index (χ3n) is 5.73. The minimum atomic E-state index is -0.849. The van der Waals surface area contributed by atoms with E-state index in [4.69, 9.17) is 4.74 Å². The first-order valence-electron chi connectivity index (χ1n) is 9.34. The minimum absolute atomic E-state index is 0.0303. The highest BCUT2D eigenvalue weighted by molar-refractivity contribution is 5.89. The summed E-state index contributed by atoms with van der Waals surface area (Å²) < 4.78 is 33.6. The number of benzene rings is 1. The minimum Gasteiger partial charge on any atom is -0.372 e. The van der Waals surface area contributed by atoms with Crippen LogP contribution in [0.25, 0.3) is 0 Å². The number of aromatic nitrogens is 1.